The molecule has 0 heterocycles. The molecule has 1 rings (SSSR count). The summed E-state index contributed by atoms with van der Waals surface area (Å²) in [7, 11) is 1.22. The maximum absolute atomic E-state index is 12.3. The van der Waals surface area contributed by atoms with Gasteiger partial charge >= 0.3 is 5.97 Å². The molecule has 0 spiro atoms. The third-order valence-corrected chi connectivity index (χ3v) is 3.00. The van der Waals surface area contributed by atoms with E-state index in [1.54, 1.807) is 0 Å². The van der Waals surface area contributed by atoms with Gasteiger partial charge in [0.2, 0.25) is 0 Å². The molecule has 1 amide bonds. The topological polar surface area (TPSA) is 112 Å². The van der Waals surface area contributed by atoms with Crippen LogP contribution in [-0.4, -0.2) is 37.2 Å². The first-order chi connectivity index (χ1) is 11.2. The Morgan fingerprint density at radius 2 is 1.83 bits per heavy atom. The molecule has 0 saturated carbocycles. The molecule has 0 aliphatic carbocycles. The van der Waals surface area contributed by atoms with Crippen molar-refractivity contribution in [3.8, 4) is 12.1 Å². The number of nitrogens with zero attached hydrogens (tertiary/aromatic N) is 2. The Balaban J connectivity index is 2.94. The summed E-state index contributed by atoms with van der Waals surface area (Å²) in [5.74, 6) is -1.20. The summed E-state index contributed by atoms with van der Waals surface area (Å²) in [4.78, 5) is 24.1. The number of rotatable bonds is 5. The average Bonchev–Trinajstić information content (AvgIpc) is 2.55. The Morgan fingerprint density at radius 3 is 2.33 bits per heavy atom. The van der Waals surface area contributed by atoms with Crippen molar-refractivity contribution in [2.45, 2.75) is 32.4 Å². The number of hydrogen-bond acceptors (Lipinski definition) is 6. The Kier molecular flexibility index (Phi) is 6.46. The number of esters is 1. The molecule has 0 aliphatic heterocycles. The molecular weight excluding hydrogens is 310 g/mol. The standard InChI is InChI=1S/C17H19N3O4/c1-17(2,3)24-10-14(16(22)23-4)20-15(21)11-5-6-12(8-18)13(7-11)9-19/h5-7,14H,10H2,1-4H3,(H,20,21). The molecule has 0 aromatic heterocycles. The van der Waals surface area contributed by atoms with Crippen molar-refractivity contribution in [3.63, 3.8) is 0 Å². The van der Waals surface area contributed by atoms with Crippen LogP contribution < -0.4 is 5.32 Å². The van der Waals surface area contributed by atoms with Gasteiger partial charge in [-0.05, 0) is 39.0 Å². The van der Waals surface area contributed by atoms with Crippen LogP contribution in [0.2, 0.25) is 0 Å². The molecule has 7 heteroatoms. The largest absolute Gasteiger partial charge is 0.467 e. The van der Waals surface area contributed by atoms with E-state index in [0.717, 1.165) is 0 Å². The maximum atomic E-state index is 12.3. The molecule has 7 nitrogen and oxygen atoms in total. The number of carbonyl (C=O) groups is 2. The Morgan fingerprint density at radius 1 is 1.21 bits per heavy atom. The SMILES string of the molecule is COC(=O)C(COC(C)(C)C)NC(=O)c1ccc(C#N)c(C#N)c1. The van der Waals surface area contributed by atoms with E-state index < -0.39 is 23.5 Å². The van der Waals surface area contributed by atoms with Crippen molar-refractivity contribution >= 4 is 11.9 Å². The van der Waals surface area contributed by atoms with Gasteiger partial charge in [-0.1, -0.05) is 0 Å². The van der Waals surface area contributed by atoms with Gasteiger partial charge in [0.05, 0.1) is 30.4 Å². The Bertz CT molecular complexity index is 708. The molecule has 1 aromatic rings. The molecule has 0 aliphatic rings. The van der Waals surface area contributed by atoms with Gasteiger partial charge in [0.1, 0.15) is 12.1 Å². The highest BCUT2D eigenvalue weighted by molar-refractivity contribution is 5.97. The van der Waals surface area contributed by atoms with Gasteiger partial charge in [0.25, 0.3) is 5.91 Å². The highest BCUT2D eigenvalue weighted by Crippen LogP contribution is 2.12. The van der Waals surface area contributed by atoms with Crippen LogP contribution in [0.4, 0.5) is 0 Å². The summed E-state index contributed by atoms with van der Waals surface area (Å²) < 4.78 is 10.2. The molecule has 1 unspecified atom stereocenters. The lowest BCUT2D eigenvalue weighted by atomic mass is 10.0. The zero-order chi connectivity index (χ0) is 18.3. The summed E-state index contributed by atoms with van der Waals surface area (Å²) in [5, 5.41) is 20.4. The van der Waals surface area contributed by atoms with Crippen molar-refractivity contribution in [2.24, 2.45) is 0 Å². The van der Waals surface area contributed by atoms with Gasteiger partial charge in [0.15, 0.2) is 6.04 Å². The fourth-order valence-electron chi connectivity index (χ4n) is 1.76. The summed E-state index contributed by atoms with van der Waals surface area (Å²) in [5.41, 5.74) is -0.0602. The maximum Gasteiger partial charge on any atom is 0.330 e. The third-order valence-electron chi connectivity index (χ3n) is 3.00. The van der Waals surface area contributed by atoms with Crippen molar-refractivity contribution in [2.75, 3.05) is 13.7 Å². The van der Waals surface area contributed by atoms with Gasteiger partial charge in [-0.2, -0.15) is 10.5 Å². The lowest BCUT2D eigenvalue weighted by Gasteiger charge is -2.23. The predicted molar refractivity (Wildman–Crippen MR) is 84.8 cm³/mol. The van der Waals surface area contributed by atoms with Crippen LogP contribution in [0.25, 0.3) is 0 Å². The molecule has 0 saturated heterocycles. The van der Waals surface area contributed by atoms with E-state index in [-0.39, 0.29) is 23.3 Å². The quantitative estimate of drug-likeness (QED) is 0.820. The lowest BCUT2D eigenvalue weighted by Crippen LogP contribution is -2.46. The van der Waals surface area contributed by atoms with E-state index in [4.69, 9.17) is 15.3 Å². The molecule has 126 valence electrons. The minimum Gasteiger partial charge on any atom is -0.467 e. The van der Waals surface area contributed by atoms with E-state index in [2.05, 4.69) is 10.1 Å². The van der Waals surface area contributed by atoms with Crippen molar-refractivity contribution in [1.29, 1.82) is 10.5 Å². The molecular formula is C17H19N3O4. The van der Waals surface area contributed by atoms with E-state index in [1.807, 2.05) is 32.9 Å². The minimum atomic E-state index is -0.983. The van der Waals surface area contributed by atoms with Gasteiger partial charge in [-0.25, -0.2) is 4.79 Å². The van der Waals surface area contributed by atoms with E-state index in [9.17, 15) is 9.59 Å². The first kappa shape index (κ1) is 19.1. The number of benzene rings is 1. The molecule has 0 bridgehead atoms. The van der Waals surface area contributed by atoms with E-state index in [1.165, 1.54) is 25.3 Å². The smallest absolute Gasteiger partial charge is 0.330 e. The molecule has 1 aromatic carbocycles. The minimum absolute atomic E-state index is 0.0523. The number of carbonyl (C=O) groups excluding carboxylic acids is 2. The Hall–Kier alpha value is -2.90. The van der Waals surface area contributed by atoms with Gasteiger partial charge < -0.3 is 14.8 Å². The summed E-state index contributed by atoms with van der Waals surface area (Å²) in [6.07, 6.45) is 0. The van der Waals surface area contributed by atoms with Crippen LogP contribution >= 0.6 is 0 Å². The fraction of sp³-hybridized carbons (Fsp3) is 0.412. The number of hydrogen-bond donors (Lipinski definition) is 1. The lowest BCUT2D eigenvalue weighted by molar-refractivity contribution is -0.146. The van der Waals surface area contributed by atoms with Gasteiger partial charge in [-0.15, -0.1) is 0 Å². The zero-order valence-corrected chi connectivity index (χ0v) is 14.0. The summed E-state index contributed by atoms with van der Waals surface area (Å²) in [6.45, 7) is 5.41. The average molecular weight is 329 g/mol. The molecule has 1 N–H and O–H groups in total. The number of nitriles is 2. The number of methoxy groups -OCH3 is 1. The first-order valence-electron chi connectivity index (χ1n) is 7.18. The summed E-state index contributed by atoms with van der Waals surface area (Å²) >= 11 is 0. The Labute approximate surface area is 140 Å². The van der Waals surface area contributed by atoms with Gasteiger partial charge in [0, 0.05) is 5.56 Å². The second-order valence-corrected chi connectivity index (χ2v) is 5.96. The third kappa shape index (κ3) is 5.38. The zero-order valence-electron chi connectivity index (χ0n) is 14.0. The highest BCUT2D eigenvalue weighted by atomic mass is 16.5. The highest BCUT2D eigenvalue weighted by Gasteiger charge is 2.25. The van der Waals surface area contributed by atoms with Crippen molar-refractivity contribution in [3.05, 3.63) is 34.9 Å². The monoisotopic (exact) mass is 329 g/mol. The van der Waals surface area contributed by atoms with Crippen LogP contribution in [0.1, 0.15) is 42.3 Å². The van der Waals surface area contributed by atoms with Crippen LogP contribution in [0, 0.1) is 22.7 Å². The second-order valence-electron chi connectivity index (χ2n) is 5.96. The van der Waals surface area contributed by atoms with Crippen LogP contribution in [-0.2, 0) is 14.3 Å². The molecule has 24 heavy (non-hydrogen) atoms. The van der Waals surface area contributed by atoms with Crippen molar-refractivity contribution < 1.29 is 19.1 Å². The van der Waals surface area contributed by atoms with Crippen LogP contribution in [0.15, 0.2) is 18.2 Å². The molecule has 0 fully saturated rings. The first-order valence-corrected chi connectivity index (χ1v) is 7.18. The second kappa shape index (κ2) is 8.09. The van der Waals surface area contributed by atoms with Crippen molar-refractivity contribution in [1.82, 2.24) is 5.32 Å². The van der Waals surface area contributed by atoms with E-state index in [0.29, 0.717) is 0 Å². The molecule has 0 radical (unpaired) electrons. The van der Waals surface area contributed by atoms with Crippen LogP contribution in [0.3, 0.4) is 0 Å². The van der Waals surface area contributed by atoms with E-state index >= 15 is 0 Å². The van der Waals surface area contributed by atoms with Gasteiger partial charge in [-0.3, -0.25) is 4.79 Å². The number of nitrogens with one attached hydrogen (secondary N) is 1. The van der Waals surface area contributed by atoms with Crippen LogP contribution in [0.5, 0.6) is 0 Å². The summed E-state index contributed by atoms with van der Waals surface area (Å²) in [6, 6.07) is 6.83. The normalized spacial score (nSPS) is 11.8. The number of ether oxygens (including phenoxy) is 2. The number of amides is 1. The fourth-order valence-corrected chi connectivity index (χ4v) is 1.76. The molecule has 1 atom stereocenters. The predicted octanol–water partition coefficient (Wildman–Crippen LogP) is 1.52.